The van der Waals surface area contributed by atoms with Gasteiger partial charge in [-0.3, -0.25) is 0 Å². The summed E-state index contributed by atoms with van der Waals surface area (Å²) >= 11 is 0. The predicted molar refractivity (Wildman–Crippen MR) is 146 cm³/mol. The summed E-state index contributed by atoms with van der Waals surface area (Å²) in [4.78, 5) is 21.6. The zero-order chi connectivity index (χ0) is 30.4. The van der Waals surface area contributed by atoms with Crippen LogP contribution in [0.15, 0.2) is 0 Å². The quantitative estimate of drug-likeness (QED) is 0.0655. The van der Waals surface area contributed by atoms with Crippen LogP contribution in [0.4, 0.5) is 26.3 Å². The average Bonchev–Trinajstić information content (AvgIpc) is 2.71. The van der Waals surface area contributed by atoms with E-state index in [9.17, 15) is 26.3 Å². The maximum atomic E-state index is 13.1. The highest BCUT2D eigenvalue weighted by atomic mass is 31.2. The molecule has 0 bridgehead atoms. The molecule has 3 N–H and O–H groups in total. The van der Waals surface area contributed by atoms with E-state index in [1.165, 1.54) is 84.5 Å². The van der Waals surface area contributed by atoms with E-state index < -0.39 is 44.6 Å². The van der Waals surface area contributed by atoms with Crippen molar-refractivity contribution in [1.82, 2.24) is 0 Å². The number of phosphoric acid groups is 1. The maximum Gasteiger partial charge on any atom is 0.466 e. The Bertz CT molecular complexity index is 588. The molecule has 0 atom stereocenters. The highest BCUT2D eigenvalue weighted by molar-refractivity contribution is 7.45. The van der Waals surface area contributed by atoms with Gasteiger partial charge in [0.25, 0.3) is 0 Å². The van der Waals surface area contributed by atoms with Gasteiger partial charge in [0.1, 0.15) is 0 Å². The summed E-state index contributed by atoms with van der Waals surface area (Å²) in [5.74, 6) is 0. The lowest BCUT2D eigenvalue weighted by Gasteiger charge is -2.50. The van der Waals surface area contributed by atoms with Crippen LogP contribution < -0.4 is 0 Å². The van der Waals surface area contributed by atoms with Crippen LogP contribution in [0.3, 0.4) is 0 Å². The molecule has 0 aromatic heterocycles. The summed E-state index contributed by atoms with van der Waals surface area (Å²) < 4.78 is 87.3. The topological polar surface area (TPSA) is 91.9 Å². The SMILES string of the molecule is CCCCCCCCCCCCCCCCCCCC(CC(F)(F)F)(CC(F)(F)F)[N-]C(C)C.O=P(O)(O)O. The van der Waals surface area contributed by atoms with Crippen molar-refractivity contribution in [3.63, 3.8) is 0 Å². The van der Waals surface area contributed by atoms with Crippen LogP contribution in [0.2, 0.25) is 0 Å². The molecule has 238 valence electrons. The molecule has 0 spiro atoms. The Labute approximate surface area is 232 Å². The van der Waals surface area contributed by atoms with Crippen molar-refractivity contribution >= 4 is 7.82 Å². The summed E-state index contributed by atoms with van der Waals surface area (Å²) in [5, 5.41) is 3.95. The average molecular weight is 601 g/mol. The molecule has 0 rings (SSSR count). The third-order valence-corrected chi connectivity index (χ3v) is 6.34. The lowest BCUT2D eigenvalue weighted by molar-refractivity contribution is -0.174. The normalized spacial score (nSPS) is 13.1. The second kappa shape index (κ2) is 22.3. The Balaban J connectivity index is 0. The summed E-state index contributed by atoms with van der Waals surface area (Å²) in [6.07, 6.45) is 7.07. The van der Waals surface area contributed by atoms with Crippen molar-refractivity contribution in [3.05, 3.63) is 5.32 Å². The van der Waals surface area contributed by atoms with E-state index in [1.807, 2.05) is 0 Å². The van der Waals surface area contributed by atoms with Crippen molar-refractivity contribution in [2.45, 2.75) is 173 Å². The lowest BCUT2D eigenvalue weighted by atomic mass is 9.84. The van der Waals surface area contributed by atoms with Crippen LogP contribution in [-0.2, 0) is 4.57 Å². The van der Waals surface area contributed by atoms with Crippen LogP contribution in [0.5, 0.6) is 0 Å². The molecule has 0 fully saturated rings. The van der Waals surface area contributed by atoms with Crippen LogP contribution in [0.25, 0.3) is 5.32 Å². The minimum Gasteiger partial charge on any atom is -0.654 e. The number of halogens is 6. The van der Waals surface area contributed by atoms with Gasteiger partial charge in [0, 0.05) is 12.8 Å². The first kappa shape index (κ1) is 40.8. The molecule has 5 nitrogen and oxygen atoms in total. The fourth-order valence-corrected chi connectivity index (χ4v) is 4.87. The Hall–Kier alpha value is -0.350. The van der Waals surface area contributed by atoms with Crippen molar-refractivity contribution in [2.75, 3.05) is 0 Å². The molecule has 0 aliphatic heterocycles. The van der Waals surface area contributed by atoms with Gasteiger partial charge in [0.15, 0.2) is 0 Å². The van der Waals surface area contributed by atoms with Gasteiger partial charge in [-0.2, -0.15) is 26.3 Å². The Morgan fingerprint density at radius 1 is 0.590 bits per heavy atom. The fraction of sp³-hybridized carbons (Fsp3) is 1.00. The fourth-order valence-electron chi connectivity index (χ4n) is 4.87. The van der Waals surface area contributed by atoms with E-state index >= 15 is 0 Å². The summed E-state index contributed by atoms with van der Waals surface area (Å²) in [6, 6.07) is -0.574. The van der Waals surface area contributed by atoms with E-state index in [0.717, 1.165) is 25.7 Å². The number of unbranched alkanes of at least 4 members (excludes halogenated alkanes) is 16. The van der Waals surface area contributed by atoms with Gasteiger partial charge < -0.3 is 20.0 Å². The van der Waals surface area contributed by atoms with E-state index in [4.69, 9.17) is 19.2 Å². The molecule has 0 unspecified atom stereocenters. The molecule has 0 amide bonds. The van der Waals surface area contributed by atoms with Gasteiger partial charge in [-0.15, -0.1) is 11.6 Å². The summed E-state index contributed by atoms with van der Waals surface area (Å²) in [6.45, 7) is 5.31. The minimum atomic E-state index is -4.67. The Morgan fingerprint density at radius 3 is 1.08 bits per heavy atom. The Morgan fingerprint density at radius 2 is 0.846 bits per heavy atom. The van der Waals surface area contributed by atoms with Gasteiger partial charge >= 0.3 is 20.2 Å². The molecule has 0 saturated heterocycles. The first-order valence-corrected chi connectivity index (χ1v) is 16.1. The molecule has 0 aliphatic carbocycles. The van der Waals surface area contributed by atoms with Gasteiger partial charge in [0.2, 0.25) is 0 Å². The van der Waals surface area contributed by atoms with Gasteiger partial charge in [-0.05, 0) is 0 Å². The van der Waals surface area contributed by atoms with Gasteiger partial charge in [0.05, 0.1) is 0 Å². The molecule has 0 aromatic carbocycles. The minimum absolute atomic E-state index is 0.164. The van der Waals surface area contributed by atoms with Crippen LogP contribution >= 0.6 is 7.82 Å². The number of hydrogen-bond donors (Lipinski definition) is 3. The first-order valence-electron chi connectivity index (χ1n) is 14.5. The van der Waals surface area contributed by atoms with Crippen LogP contribution in [-0.4, -0.2) is 38.6 Å². The third kappa shape index (κ3) is 35.6. The molecule has 12 heteroatoms. The predicted octanol–water partition coefficient (Wildman–Crippen LogP) is 10.5. The number of alkyl halides is 6. The third-order valence-electron chi connectivity index (χ3n) is 6.34. The number of rotatable bonds is 22. The van der Waals surface area contributed by atoms with Gasteiger partial charge in [-0.1, -0.05) is 136 Å². The van der Waals surface area contributed by atoms with Crippen LogP contribution in [0.1, 0.15) is 149 Å². The standard InChI is InChI=1S/C27H50F6N.H3O4P/c1-4-5-6-7-8-9-10-11-12-13-14-15-16-17-18-19-20-21-25(34-24(2)3,22-26(28,29)30)23-27(31,32)33;1-5(2,3)4/h24H,4-23H2,1-3H3;(H3,1,2,3,4)/q-1;. The van der Waals surface area contributed by atoms with E-state index in [2.05, 4.69) is 12.2 Å². The summed E-state index contributed by atoms with van der Waals surface area (Å²) in [5.41, 5.74) is -2.10. The van der Waals surface area contributed by atoms with E-state index in [0.29, 0.717) is 12.8 Å². The summed E-state index contributed by atoms with van der Waals surface area (Å²) in [7, 11) is -4.64. The van der Waals surface area contributed by atoms with E-state index in [-0.39, 0.29) is 6.42 Å². The lowest BCUT2D eigenvalue weighted by Crippen LogP contribution is -2.40. The zero-order valence-corrected chi connectivity index (χ0v) is 25.0. The number of hydrogen-bond acceptors (Lipinski definition) is 1. The second-order valence-electron chi connectivity index (χ2n) is 11.0. The van der Waals surface area contributed by atoms with Crippen molar-refractivity contribution < 1.29 is 45.6 Å². The molecule has 0 radical (unpaired) electrons. The van der Waals surface area contributed by atoms with E-state index in [1.54, 1.807) is 0 Å². The largest absolute Gasteiger partial charge is 0.654 e. The Kier molecular flexibility index (Phi) is 23.3. The molecular formula is C27H53F6NO4P-. The van der Waals surface area contributed by atoms with Crippen LogP contribution in [0, 0.1) is 0 Å². The molecule has 0 aliphatic rings. The number of nitrogens with zero attached hydrogens (tertiary/aromatic N) is 1. The monoisotopic (exact) mass is 600 g/mol. The molecule has 0 aromatic rings. The second-order valence-corrected chi connectivity index (χ2v) is 12.0. The first-order chi connectivity index (χ1) is 17.9. The molecule has 39 heavy (non-hydrogen) atoms. The van der Waals surface area contributed by atoms with Crippen molar-refractivity contribution in [1.29, 1.82) is 0 Å². The van der Waals surface area contributed by atoms with Gasteiger partial charge in [-0.25, -0.2) is 4.57 Å². The molecular weight excluding hydrogens is 547 g/mol. The molecule has 0 heterocycles. The highest BCUT2D eigenvalue weighted by Crippen LogP contribution is 2.44. The highest BCUT2D eigenvalue weighted by Gasteiger charge is 2.43. The molecule has 0 saturated carbocycles. The zero-order valence-electron chi connectivity index (χ0n) is 24.1. The van der Waals surface area contributed by atoms with Crippen molar-refractivity contribution in [3.8, 4) is 0 Å². The maximum absolute atomic E-state index is 13.1. The van der Waals surface area contributed by atoms with Crippen molar-refractivity contribution in [2.24, 2.45) is 0 Å². The smallest absolute Gasteiger partial charge is 0.466 e.